The minimum Gasteiger partial charge on any atom is -0.490 e. The molecule has 35 heavy (non-hydrogen) atoms. The van der Waals surface area contributed by atoms with Gasteiger partial charge in [-0.25, -0.2) is 0 Å². The van der Waals surface area contributed by atoms with E-state index in [9.17, 15) is 18.0 Å². The van der Waals surface area contributed by atoms with Gasteiger partial charge in [0.05, 0.1) is 21.7 Å². The van der Waals surface area contributed by atoms with Crippen molar-refractivity contribution in [3.05, 3.63) is 91.9 Å². The summed E-state index contributed by atoms with van der Waals surface area (Å²) in [5.41, 5.74) is 0.349. The summed E-state index contributed by atoms with van der Waals surface area (Å²) in [4.78, 5) is 12.3. The standard InChI is InChI=1S/C25H19BrCl2F3NO3/c1-2-34-22-12-15(11-19(26)24(22)35-14-16-5-3-4-6-20(16)27)7-10-23(33)32-17-8-9-21(28)18(13-17)25(29,30)31/h3-13H,2,14H2,1H3,(H,32,33)/b10-7+. The third kappa shape index (κ3) is 7.40. The number of carbonyl (C=O) groups is 1. The Kier molecular flexibility index (Phi) is 9.10. The molecule has 0 saturated carbocycles. The Labute approximate surface area is 218 Å². The van der Waals surface area contributed by atoms with Gasteiger partial charge in [-0.1, -0.05) is 41.4 Å². The van der Waals surface area contributed by atoms with Gasteiger partial charge < -0.3 is 14.8 Å². The van der Waals surface area contributed by atoms with Crippen LogP contribution in [-0.2, 0) is 17.6 Å². The smallest absolute Gasteiger partial charge is 0.417 e. The molecule has 0 heterocycles. The summed E-state index contributed by atoms with van der Waals surface area (Å²) < 4.78 is 51.3. The van der Waals surface area contributed by atoms with Crippen LogP contribution in [0.5, 0.6) is 11.5 Å². The Hall–Kier alpha value is -2.68. The van der Waals surface area contributed by atoms with Crippen LogP contribution in [0.4, 0.5) is 18.9 Å². The Bertz CT molecular complexity index is 1250. The van der Waals surface area contributed by atoms with Crippen molar-refractivity contribution in [2.45, 2.75) is 19.7 Å². The molecule has 10 heteroatoms. The zero-order valence-electron chi connectivity index (χ0n) is 18.3. The van der Waals surface area contributed by atoms with Crippen molar-refractivity contribution in [2.24, 2.45) is 0 Å². The number of benzene rings is 3. The summed E-state index contributed by atoms with van der Waals surface area (Å²) in [6.45, 7) is 2.42. The lowest BCUT2D eigenvalue weighted by molar-refractivity contribution is -0.137. The van der Waals surface area contributed by atoms with Crippen molar-refractivity contribution >= 4 is 56.8 Å². The van der Waals surface area contributed by atoms with E-state index in [4.69, 9.17) is 32.7 Å². The van der Waals surface area contributed by atoms with E-state index >= 15 is 0 Å². The molecule has 4 nitrogen and oxygen atoms in total. The van der Waals surface area contributed by atoms with E-state index < -0.39 is 22.7 Å². The number of ether oxygens (including phenoxy) is 2. The highest BCUT2D eigenvalue weighted by molar-refractivity contribution is 9.10. The van der Waals surface area contributed by atoms with Crippen LogP contribution in [0.2, 0.25) is 10.0 Å². The molecule has 1 N–H and O–H groups in total. The molecule has 0 bridgehead atoms. The van der Waals surface area contributed by atoms with Gasteiger partial charge in [-0.15, -0.1) is 0 Å². The van der Waals surface area contributed by atoms with E-state index in [1.807, 2.05) is 25.1 Å². The molecule has 1 amide bonds. The number of halogens is 6. The third-order valence-corrected chi connectivity index (χ3v) is 5.92. The molecule has 0 atom stereocenters. The van der Waals surface area contributed by atoms with Crippen molar-refractivity contribution in [3.63, 3.8) is 0 Å². The normalized spacial score (nSPS) is 11.5. The third-order valence-electron chi connectivity index (χ3n) is 4.63. The zero-order chi connectivity index (χ0) is 25.6. The first-order valence-electron chi connectivity index (χ1n) is 10.3. The Balaban J connectivity index is 1.75. The molecule has 0 spiro atoms. The number of nitrogens with one attached hydrogen (secondary N) is 1. The minimum atomic E-state index is -4.63. The van der Waals surface area contributed by atoms with Crippen LogP contribution in [0, 0.1) is 0 Å². The first-order chi connectivity index (χ1) is 16.6. The quantitative estimate of drug-likeness (QED) is 0.269. The van der Waals surface area contributed by atoms with Gasteiger partial charge in [0, 0.05) is 22.3 Å². The van der Waals surface area contributed by atoms with Gasteiger partial charge >= 0.3 is 6.18 Å². The Morgan fingerprint density at radius 3 is 2.49 bits per heavy atom. The first kappa shape index (κ1) is 26.9. The van der Waals surface area contributed by atoms with Gasteiger partial charge in [0.1, 0.15) is 6.61 Å². The van der Waals surface area contributed by atoms with Crippen molar-refractivity contribution in [1.29, 1.82) is 0 Å². The second-order valence-electron chi connectivity index (χ2n) is 7.16. The summed E-state index contributed by atoms with van der Waals surface area (Å²) in [6, 6.07) is 13.9. The molecule has 3 aromatic rings. The summed E-state index contributed by atoms with van der Waals surface area (Å²) >= 11 is 15.3. The van der Waals surface area contributed by atoms with E-state index in [0.29, 0.717) is 33.2 Å². The van der Waals surface area contributed by atoms with Gasteiger partial charge in [0.15, 0.2) is 11.5 Å². The molecule has 0 aliphatic carbocycles. The number of amides is 1. The topological polar surface area (TPSA) is 47.6 Å². The first-order valence-corrected chi connectivity index (χ1v) is 11.8. The van der Waals surface area contributed by atoms with Crippen molar-refractivity contribution in [2.75, 3.05) is 11.9 Å². The van der Waals surface area contributed by atoms with E-state index in [1.54, 1.807) is 18.2 Å². The van der Waals surface area contributed by atoms with Crippen LogP contribution in [0.3, 0.4) is 0 Å². The molecule has 0 aliphatic heterocycles. The zero-order valence-corrected chi connectivity index (χ0v) is 21.4. The second kappa shape index (κ2) is 11.8. The van der Waals surface area contributed by atoms with Gasteiger partial charge in [0.2, 0.25) is 5.91 Å². The highest BCUT2D eigenvalue weighted by Gasteiger charge is 2.33. The average molecular weight is 589 g/mol. The number of anilines is 1. The highest BCUT2D eigenvalue weighted by Crippen LogP contribution is 2.38. The monoisotopic (exact) mass is 587 g/mol. The number of carbonyl (C=O) groups excluding carboxylic acids is 1. The molecule has 184 valence electrons. The van der Waals surface area contributed by atoms with Gasteiger partial charge in [-0.2, -0.15) is 13.2 Å². The fraction of sp³-hybridized carbons (Fsp3) is 0.160. The number of hydrogen-bond acceptors (Lipinski definition) is 3. The second-order valence-corrected chi connectivity index (χ2v) is 8.83. The van der Waals surface area contributed by atoms with Crippen LogP contribution in [0.15, 0.2) is 65.1 Å². The summed E-state index contributed by atoms with van der Waals surface area (Å²) in [7, 11) is 0. The maximum atomic E-state index is 13.0. The Morgan fingerprint density at radius 2 is 1.80 bits per heavy atom. The van der Waals surface area contributed by atoms with Crippen molar-refractivity contribution in [1.82, 2.24) is 0 Å². The van der Waals surface area contributed by atoms with Gasteiger partial charge in [-0.3, -0.25) is 4.79 Å². The fourth-order valence-corrected chi connectivity index (χ4v) is 4.02. The molecule has 0 saturated heterocycles. The lowest BCUT2D eigenvalue weighted by atomic mass is 10.1. The molecule has 3 rings (SSSR count). The lowest BCUT2D eigenvalue weighted by Crippen LogP contribution is -2.11. The average Bonchev–Trinajstić information content (AvgIpc) is 2.79. The molecule has 3 aromatic carbocycles. The van der Waals surface area contributed by atoms with E-state index in [-0.39, 0.29) is 12.3 Å². The van der Waals surface area contributed by atoms with E-state index in [0.717, 1.165) is 17.7 Å². The minimum absolute atomic E-state index is 0.0316. The van der Waals surface area contributed by atoms with Crippen LogP contribution in [0.25, 0.3) is 6.08 Å². The maximum absolute atomic E-state index is 13.0. The van der Waals surface area contributed by atoms with Crippen LogP contribution in [0.1, 0.15) is 23.6 Å². The fourth-order valence-electron chi connectivity index (χ4n) is 3.03. The van der Waals surface area contributed by atoms with Gasteiger partial charge in [-0.05, 0) is 70.9 Å². The van der Waals surface area contributed by atoms with E-state index in [2.05, 4.69) is 21.2 Å². The number of rotatable bonds is 8. The van der Waals surface area contributed by atoms with Crippen LogP contribution >= 0.6 is 39.1 Å². The predicted molar refractivity (Wildman–Crippen MR) is 135 cm³/mol. The SMILES string of the molecule is CCOc1cc(/C=C/C(=O)Nc2ccc(Cl)c(C(F)(F)F)c2)cc(Br)c1OCc1ccccc1Cl. The number of hydrogen-bond donors (Lipinski definition) is 1. The number of alkyl halides is 3. The molecular formula is C25H19BrCl2F3NO3. The van der Waals surface area contributed by atoms with Crippen LogP contribution < -0.4 is 14.8 Å². The Morgan fingerprint density at radius 1 is 1.06 bits per heavy atom. The highest BCUT2D eigenvalue weighted by atomic mass is 79.9. The molecule has 0 aromatic heterocycles. The molecular weight excluding hydrogens is 570 g/mol. The summed E-state index contributed by atoms with van der Waals surface area (Å²) in [6.07, 6.45) is -1.93. The van der Waals surface area contributed by atoms with Crippen molar-refractivity contribution in [3.8, 4) is 11.5 Å². The molecule has 0 aliphatic rings. The van der Waals surface area contributed by atoms with Crippen molar-refractivity contribution < 1.29 is 27.4 Å². The maximum Gasteiger partial charge on any atom is 0.417 e. The predicted octanol–water partition coefficient (Wildman–Crippen LogP) is 8.40. The van der Waals surface area contributed by atoms with Crippen LogP contribution in [-0.4, -0.2) is 12.5 Å². The largest absolute Gasteiger partial charge is 0.490 e. The van der Waals surface area contributed by atoms with Gasteiger partial charge in [0.25, 0.3) is 0 Å². The summed E-state index contributed by atoms with van der Waals surface area (Å²) in [5, 5.41) is 2.53. The lowest BCUT2D eigenvalue weighted by Gasteiger charge is -2.15. The molecule has 0 fully saturated rings. The van der Waals surface area contributed by atoms with E-state index in [1.165, 1.54) is 18.2 Å². The molecule has 0 radical (unpaired) electrons. The summed E-state index contributed by atoms with van der Waals surface area (Å²) in [5.74, 6) is 0.296. The molecule has 0 unspecified atom stereocenters.